The zero-order chi connectivity index (χ0) is 34.8. The van der Waals surface area contributed by atoms with Crippen molar-refractivity contribution >= 4 is 17.7 Å². The largest absolute Gasteiger partial charge is 0.449 e. The van der Waals surface area contributed by atoms with E-state index in [1.54, 1.807) is 24.3 Å². The summed E-state index contributed by atoms with van der Waals surface area (Å²) in [6.07, 6.45) is -5.70. The Bertz CT molecular complexity index is 1570. The van der Waals surface area contributed by atoms with E-state index in [1.807, 2.05) is 36.4 Å². The molecule has 5 rings (SSSR count). The molecule has 2 amide bonds. The highest BCUT2D eigenvalue weighted by atomic mass is 16.7. The molecule has 1 saturated heterocycles. The van der Waals surface area contributed by atoms with Crippen molar-refractivity contribution in [2.45, 2.75) is 68.3 Å². The summed E-state index contributed by atoms with van der Waals surface area (Å²) in [5.74, 6) is -0.564. The third-order valence-electron chi connectivity index (χ3n) is 8.76. The molecule has 260 valence electrons. The van der Waals surface area contributed by atoms with Crippen molar-refractivity contribution in [3.8, 4) is 11.1 Å². The number of aliphatic hydroxyl groups is 4. The number of nitrogens with zero attached hydrogens (tertiary/aromatic N) is 3. The number of alkyl carbamates (subject to hydrolysis) is 1. The fourth-order valence-corrected chi connectivity index (χ4v) is 6.11. The molecule has 3 aromatic rings. The Balaban J connectivity index is 1.14. The highest BCUT2D eigenvalue weighted by molar-refractivity contribution is 5.96. The Morgan fingerprint density at radius 2 is 1.59 bits per heavy atom. The van der Waals surface area contributed by atoms with Crippen LogP contribution in [0, 0.1) is 0 Å². The maximum Gasteiger partial charge on any atom is 0.407 e. The minimum absolute atomic E-state index is 0.104. The number of nitrogens with one attached hydrogen (secondary N) is 2. The van der Waals surface area contributed by atoms with Gasteiger partial charge in [-0.15, -0.1) is 0 Å². The summed E-state index contributed by atoms with van der Waals surface area (Å²) in [6.45, 7) is -0.0594. The lowest BCUT2D eigenvalue weighted by Gasteiger charge is -2.39. The highest BCUT2D eigenvalue weighted by Crippen LogP contribution is 2.44. The normalized spacial score (nSPS) is 21.9. The second-order valence-corrected chi connectivity index (χ2v) is 12.0. The molecule has 14 heteroatoms. The molecule has 0 spiro atoms. The lowest BCUT2D eigenvalue weighted by molar-refractivity contribution is -0.300. The Hall–Kier alpha value is -4.53. The number of amides is 2. The first-order valence-corrected chi connectivity index (χ1v) is 16.2. The number of azide groups is 1. The van der Waals surface area contributed by atoms with Gasteiger partial charge in [-0.2, -0.15) is 0 Å². The minimum atomic E-state index is -1.52. The number of aliphatic hydroxyl groups excluding tert-OH is 4. The molecule has 1 aliphatic heterocycles. The van der Waals surface area contributed by atoms with E-state index in [-0.39, 0.29) is 25.7 Å². The minimum Gasteiger partial charge on any atom is -0.449 e. The predicted octanol–water partition coefficient (Wildman–Crippen LogP) is 3.37. The van der Waals surface area contributed by atoms with E-state index in [0.29, 0.717) is 31.4 Å². The van der Waals surface area contributed by atoms with Crippen molar-refractivity contribution in [2.24, 2.45) is 5.11 Å². The molecule has 1 heterocycles. The first-order valence-electron chi connectivity index (χ1n) is 16.2. The molecular weight excluding hydrogens is 634 g/mol. The van der Waals surface area contributed by atoms with Crippen LogP contribution in [0.1, 0.15) is 41.9 Å². The number of hydrogen-bond donors (Lipinski definition) is 6. The van der Waals surface area contributed by atoms with Gasteiger partial charge in [-0.05, 0) is 64.7 Å². The van der Waals surface area contributed by atoms with E-state index >= 15 is 0 Å². The summed E-state index contributed by atoms with van der Waals surface area (Å²) in [6, 6.07) is 22.1. The molecule has 6 atom stereocenters. The van der Waals surface area contributed by atoms with Crippen molar-refractivity contribution in [1.82, 2.24) is 5.32 Å². The zero-order valence-electron chi connectivity index (χ0n) is 26.8. The van der Waals surface area contributed by atoms with E-state index < -0.39 is 55.4 Å². The fourth-order valence-electron chi connectivity index (χ4n) is 6.11. The molecule has 0 saturated carbocycles. The summed E-state index contributed by atoms with van der Waals surface area (Å²) in [7, 11) is 0. The van der Waals surface area contributed by atoms with E-state index in [2.05, 4.69) is 32.8 Å². The molecule has 0 radical (unpaired) electrons. The maximum atomic E-state index is 13.3. The molecular formula is C35H41N5O9. The van der Waals surface area contributed by atoms with Crippen LogP contribution in [0.25, 0.3) is 21.6 Å². The molecule has 49 heavy (non-hydrogen) atoms. The Morgan fingerprint density at radius 1 is 0.918 bits per heavy atom. The molecule has 6 N–H and O–H groups in total. The Labute approximate surface area is 283 Å². The number of unbranched alkanes of at least 4 members (excludes halogenated alkanes) is 1. The summed E-state index contributed by atoms with van der Waals surface area (Å²) < 4.78 is 16.6. The van der Waals surface area contributed by atoms with Gasteiger partial charge in [0.05, 0.1) is 13.2 Å². The first-order chi connectivity index (χ1) is 23.8. The molecule has 0 bridgehead atoms. The quantitative estimate of drug-likeness (QED) is 0.0602. The molecule has 0 unspecified atom stereocenters. The van der Waals surface area contributed by atoms with Crippen LogP contribution in [0.15, 0.2) is 77.9 Å². The number of fused-ring (bicyclic) bond motifs is 3. The van der Waals surface area contributed by atoms with Crippen LogP contribution >= 0.6 is 0 Å². The topological polar surface area (TPSA) is 216 Å². The SMILES string of the molecule is [N-]=[N+]=NCCCC[C@H](NC(=O)OCC1c2ccccc2-c2ccccc21)C(=O)Nc1ccc(CCO[C@@H]2O[C@H](CO)[C@@H](O)[C@H](O)[C@H]2O)cc1. The van der Waals surface area contributed by atoms with Crippen molar-refractivity contribution in [3.05, 3.63) is 99.9 Å². The van der Waals surface area contributed by atoms with Gasteiger partial charge in [-0.3, -0.25) is 4.79 Å². The number of carbonyl (C=O) groups excluding carboxylic acids is 2. The summed E-state index contributed by atoms with van der Waals surface area (Å²) in [5.41, 5.74) is 14.3. The van der Waals surface area contributed by atoms with Gasteiger partial charge in [0.25, 0.3) is 0 Å². The third kappa shape index (κ3) is 8.94. The lowest BCUT2D eigenvalue weighted by atomic mass is 9.98. The van der Waals surface area contributed by atoms with Crippen LogP contribution in [-0.2, 0) is 25.4 Å². The molecule has 0 aromatic heterocycles. The van der Waals surface area contributed by atoms with Crippen LogP contribution in [0.4, 0.5) is 10.5 Å². The molecule has 3 aromatic carbocycles. The molecule has 1 fully saturated rings. The van der Waals surface area contributed by atoms with Crippen LogP contribution in [0.2, 0.25) is 0 Å². The third-order valence-corrected chi connectivity index (χ3v) is 8.76. The van der Waals surface area contributed by atoms with Gasteiger partial charge in [0.15, 0.2) is 6.29 Å². The number of ether oxygens (including phenoxy) is 3. The van der Waals surface area contributed by atoms with Crippen molar-refractivity contribution in [3.63, 3.8) is 0 Å². The second kappa shape index (κ2) is 17.2. The first kappa shape index (κ1) is 35.8. The van der Waals surface area contributed by atoms with Crippen LogP contribution in [0.5, 0.6) is 0 Å². The molecule has 2 aliphatic rings. The maximum absolute atomic E-state index is 13.3. The van der Waals surface area contributed by atoms with Crippen molar-refractivity contribution < 1.29 is 44.2 Å². The van der Waals surface area contributed by atoms with E-state index in [1.165, 1.54) is 0 Å². The summed E-state index contributed by atoms with van der Waals surface area (Å²) >= 11 is 0. The fraction of sp³-hybridized carbons (Fsp3) is 0.429. The van der Waals surface area contributed by atoms with Gasteiger partial charge in [-0.25, -0.2) is 4.79 Å². The van der Waals surface area contributed by atoms with Gasteiger partial charge in [0, 0.05) is 23.1 Å². The van der Waals surface area contributed by atoms with Gasteiger partial charge >= 0.3 is 6.09 Å². The highest BCUT2D eigenvalue weighted by Gasteiger charge is 2.44. The van der Waals surface area contributed by atoms with Crippen LogP contribution in [-0.4, -0.2) is 95.5 Å². The van der Waals surface area contributed by atoms with E-state index in [4.69, 9.17) is 19.7 Å². The number of hydrogen-bond acceptors (Lipinski definition) is 10. The van der Waals surface area contributed by atoms with Gasteiger partial charge in [-0.1, -0.05) is 72.2 Å². The van der Waals surface area contributed by atoms with Crippen LogP contribution in [0.3, 0.4) is 0 Å². The van der Waals surface area contributed by atoms with Gasteiger partial charge < -0.3 is 45.3 Å². The molecule has 14 nitrogen and oxygen atoms in total. The number of carbonyl (C=O) groups is 2. The number of benzene rings is 3. The monoisotopic (exact) mass is 675 g/mol. The van der Waals surface area contributed by atoms with Crippen LogP contribution < -0.4 is 10.6 Å². The Morgan fingerprint density at radius 3 is 2.24 bits per heavy atom. The predicted molar refractivity (Wildman–Crippen MR) is 178 cm³/mol. The standard InChI is InChI=1S/C35H41N5O9/c36-40-37-17-6-5-11-28(39-35(46)48-20-27-25-9-3-1-7-23(25)24-8-2-4-10-26(24)27)33(45)38-22-14-12-21(13-15-22)16-18-47-34-32(44)31(43)30(42)29(19-41)49-34/h1-4,7-10,12-15,27-32,34,41-44H,5-6,11,16-20H2,(H,38,45)(H,39,46)/t28-,29+,30+,31-,32+,34+/m0/s1. The number of rotatable bonds is 15. The average Bonchev–Trinajstić information content (AvgIpc) is 3.44. The molecule has 1 aliphatic carbocycles. The Kier molecular flexibility index (Phi) is 12.6. The van der Waals surface area contributed by atoms with E-state index in [9.17, 15) is 30.0 Å². The van der Waals surface area contributed by atoms with Gasteiger partial charge in [0.1, 0.15) is 37.1 Å². The van der Waals surface area contributed by atoms with E-state index in [0.717, 1.165) is 27.8 Å². The zero-order valence-corrected chi connectivity index (χ0v) is 26.8. The lowest BCUT2D eigenvalue weighted by Crippen LogP contribution is -2.59. The van der Waals surface area contributed by atoms with Gasteiger partial charge in [0.2, 0.25) is 5.91 Å². The number of anilines is 1. The average molecular weight is 676 g/mol. The second-order valence-electron chi connectivity index (χ2n) is 12.0. The van der Waals surface area contributed by atoms with Crippen molar-refractivity contribution in [1.29, 1.82) is 0 Å². The van der Waals surface area contributed by atoms with Crippen molar-refractivity contribution in [2.75, 3.05) is 31.7 Å². The summed E-state index contributed by atoms with van der Waals surface area (Å²) in [5, 5.41) is 48.4. The smallest absolute Gasteiger partial charge is 0.407 e. The summed E-state index contributed by atoms with van der Waals surface area (Å²) in [4.78, 5) is 29.1.